The van der Waals surface area contributed by atoms with Crippen LogP contribution in [0.4, 0.5) is 10.6 Å². The summed E-state index contributed by atoms with van der Waals surface area (Å²) >= 11 is 6.13. The van der Waals surface area contributed by atoms with Crippen molar-refractivity contribution in [1.29, 1.82) is 0 Å². The van der Waals surface area contributed by atoms with Crippen LogP contribution in [0.3, 0.4) is 0 Å². The number of halogens is 1. The molecule has 0 saturated carbocycles. The van der Waals surface area contributed by atoms with E-state index in [1.165, 1.54) is 0 Å². The van der Waals surface area contributed by atoms with Crippen LogP contribution < -0.4 is 10.2 Å². The van der Waals surface area contributed by atoms with Crippen LogP contribution in [0.5, 0.6) is 0 Å². The van der Waals surface area contributed by atoms with Gasteiger partial charge in [-0.25, -0.2) is 14.8 Å². The third-order valence-corrected chi connectivity index (χ3v) is 7.00. The molecule has 2 amide bonds. The Kier molecular flexibility index (Phi) is 6.30. The Bertz CT molecular complexity index is 1400. The van der Waals surface area contributed by atoms with Crippen molar-refractivity contribution >= 4 is 34.5 Å². The number of rotatable bonds is 4. The van der Waals surface area contributed by atoms with Crippen molar-refractivity contribution in [3.05, 3.63) is 71.3 Å². The first-order valence-electron chi connectivity index (χ1n) is 12.1. The highest BCUT2D eigenvalue weighted by atomic mass is 35.5. The number of piperazine rings is 1. The number of aromatic amines is 1. The van der Waals surface area contributed by atoms with Crippen molar-refractivity contribution in [3.8, 4) is 11.3 Å². The second-order valence-corrected chi connectivity index (χ2v) is 10.4. The Morgan fingerprint density at radius 2 is 1.97 bits per heavy atom. The molecule has 0 unspecified atom stereocenters. The number of amides is 2. The van der Waals surface area contributed by atoms with Crippen molar-refractivity contribution in [2.24, 2.45) is 0 Å². The van der Waals surface area contributed by atoms with Gasteiger partial charge in [0.05, 0.1) is 17.0 Å². The van der Waals surface area contributed by atoms with E-state index in [-0.39, 0.29) is 12.1 Å². The number of fused-ring (bicyclic) bond motifs is 1. The fraction of sp³-hybridized carbons (Fsp3) is 0.333. The molecule has 3 aromatic heterocycles. The van der Waals surface area contributed by atoms with Crippen molar-refractivity contribution in [2.75, 3.05) is 24.5 Å². The predicted molar refractivity (Wildman–Crippen MR) is 143 cm³/mol. The summed E-state index contributed by atoms with van der Waals surface area (Å²) in [7, 11) is 0. The van der Waals surface area contributed by atoms with Gasteiger partial charge < -0.3 is 20.1 Å². The number of carbonyl (C=O) groups excluding carboxylic acids is 1. The molecule has 1 aromatic carbocycles. The number of pyridine rings is 1. The average molecular weight is 504 g/mol. The van der Waals surface area contributed by atoms with Gasteiger partial charge in [0.25, 0.3) is 0 Å². The minimum atomic E-state index is -0.409. The molecule has 0 bridgehead atoms. The van der Waals surface area contributed by atoms with E-state index in [1.54, 1.807) is 6.33 Å². The van der Waals surface area contributed by atoms with Gasteiger partial charge in [-0.15, -0.1) is 0 Å². The summed E-state index contributed by atoms with van der Waals surface area (Å²) in [6.45, 7) is 10.00. The van der Waals surface area contributed by atoms with Crippen LogP contribution in [0.2, 0.25) is 5.02 Å². The SMILES string of the molecule is Cc1ccc(-c2cc3c(N4CCN(C(=O)N[C@@H](C)c5cccc(Cl)c5)C(C)(C)C4)ncnc3[nH]2)cn1. The maximum absolute atomic E-state index is 13.2. The molecule has 0 radical (unpaired) electrons. The first kappa shape index (κ1) is 24.1. The molecule has 1 atom stereocenters. The summed E-state index contributed by atoms with van der Waals surface area (Å²) in [5, 5.41) is 4.74. The van der Waals surface area contributed by atoms with Crippen molar-refractivity contribution < 1.29 is 4.79 Å². The molecule has 8 nitrogen and oxygen atoms in total. The molecule has 186 valence electrons. The second kappa shape index (κ2) is 9.43. The average Bonchev–Trinajstić information content (AvgIpc) is 3.28. The predicted octanol–water partition coefficient (Wildman–Crippen LogP) is 5.35. The molecule has 2 N–H and O–H groups in total. The molecule has 1 saturated heterocycles. The van der Waals surface area contributed by atoms with E-state index < -0.39 is 5.54 Å². The maximum atomic E-state index is 13.2. The second-order valence-electron chi connectivity index (χ2n) is 9.94. The first-order valence-corrected chi connectivity index (χ1v) is 12.4. The number of aromatic nitrogens is 4. The van der Waals surface area contributed by atoms with E-state index in [2.05, 4.69) is 50.1 Å². The standard InChI is InChI=1S/C27H30ClN7O/c1-17-8-9-20(14-29-17)23-13-22-24(33-23)30-16-31-25(22)34-10-11-35(27(3,4)15-34)26(36)32-18(2)19-6-5-7-21(28)12-19/h5-9,12-14,16,18H,10-11,15H2,1-4H3,(H,32,36)(H,30,31,33)/t18-/m0/s1. The van der Waals surface area contributed by atoms with Crippen LogP contribution >= 0.6 is 11.6 Å². The molecule has 1 aliphatic heterocycles. The number of nitrogens with zero attached hydrogens (tertiary/aromatic N) is 5. The van der Waals surface area contributed by atoms with Gasteiger partial charge in [-0.1, -0.05) is 23.7 Å². The maximum Gasteiger partial charge on any atom is 0.318 e. The van der Waals surface area contributed by atoms with Crippen LogP contribution in [0.25, 0.3) is 22.3 Å². The lowest BCUT2D eigenvalue weighted by molar-refractivity contribution is 0.121. The molecule has 1 fully saturated rings. The minimum absolute atomic E-state index is 0.0873. The molecule has 1 aliphatic rings. The zero-order valence-electron chi connectivity index (χ0n) is 20.9. The van der Waals surface area contributed by atoms with Crippen molar-refractivity contribution in [3.63, 3.8) is 0 Å². The van der Waals surface area contributed by atoms with Crippen LogP contribution in [-0.4, -0.2) is 56.0 Å². The highest BCUT2D eigenvalue weighted by Crippen LogP contribution is 2.32. The van der Waals surface area contributed by atoms with Crippen LogP contribution in [0.15, 0.2) is 55.0 Å². The highest BCUT2D eigenvalue weighted by molar-refractivity contribution is 6.30. The smallest absolute Gasteiger partial charge is 0.318 e. The van der Waals surface area contributed by atoms with Gasteiger partial charge in [0.15, 0.2) is 0 Å². The van der Waals surface area contributed by atoms with Crippen molar-refractivity contribution in [1.82, 2.24) is 30.2 Å². The number of nitrogens with one attached hydrogen (secondary N) is 2. The molecule has 4 aromatic rings. The third kappa shape index (κ3) is 4.73. The zero-order valence-corrected chi connectivity index (χ0v) is 21.7. The minimum Gasteiger partial charge on any atom is -0.352 e. The topological polar surface area (TPSA) is 90.0 Å². The van der Waals surface area contributed by atoms with Gasteiger partial charge in [0.2, 0.25) is 0 Å². The number of carbonyl (C=O) groups is 1. The summed E-state index contributed by atoms with van der Waals surface area (Å²) < 4.78 is 0. The summed E-state index contributed by atoms with van der Waals surface area (Å²) in [5.41, 5.74) is 4.27. The largest absolute Gasteiger partial charge is 0.352 e. The van der Waals surface area contributed by atoms with E-state index in [9.17, 15) is 4.79 Å². The molecular weight excluding hydrogens is 474 g/mol. The lowest BCUT2D eigenvalue weighted by Gasteiger charge is -2.47. The summed E-state index contributed by atoms with van der Waals surface area (Å²) in [6, 6.07) is 13.5. The van der Waals surface area contributed by atoms with Crippen LogP contribution in [0.1, 0.15) is 38.1 Å². The Morgan fingerprint density at radius 3 is 2.69 bits per heavy atom. The van der Waals surface area contributed by atoms with Crippen LogP contribution in [0, 0.1) is 6.92 Å². The van der Waals surface area contributed by atoms with Gasteiger partial charge in [0, 0.05) is 47.8 Å². The lowest BCUT2D eigenvalue weighted by Crippen LogP contribution is -2.63. The summed E-state index contributed by atoms with van der Waals surface area (Å²) in [4.78, 5) is 34.3. The molecule has 4 heterocycles. The molecule has 36 heavy (non-hydrogen) atoms. The number of benzene rings is 1. The molecular formula is C27H30ClN7O. The fourth-order valence-electron chi connectivity index (χ4n) is 4.80. The summed E-state index contributed by atoms with van der Waals surface area (Å²) in [6.07, 6.45) is 3.45. The number of hydrogen-bond acceptors (Lipinski definition) is 5. The normalized spacial score (nSPS) is 16.2. The number of urea groups is 1. The summed E-state index contributed by atoms with van der Waals surface area (Å²) in [5.74, 6) is 0.864. The van der Waals surface area contributed by atoms with Gasteiger partial charge in [0.1, 0.15) is 17.8 Å². The molecule has 0 aliphatic carbocycles. The van der Waals surface area contributed by atoms with E-state index in [4.69, 9.17) is 11.6 Å². The first-order chi connectivity index (χ1) is 17.2. The number of aryl methyl sites for hydroxylation is 1. The van der Waals surface area contributed by atoms with Crippen LogP contribution in [-0.2, 0) is 0 Å². The number of H-pyrrole nitrogens is 1. The zero-order chi connectivity index (χ0) is 25.4. The van der Waals surface area contributed by atoms with Gasteiger partial charge in [-0.05, 0) is 63.6 Å². The Hall–Kier alpha value is -3.65. The van der Waals surface area contributed by atoms with Gasteiger partial charge in [-0.2, -0.15) is 0 Å². The molecule has 0 spiro atoms. The lowest BCUT2D eigenvalue weighted by atomic mass is 9.98. The van der Waals surface area contributed by atoms with Gasteiger partial charge in [-0.3, -0.25) is 4.98 Å². The Morgan fingerprint density at radius 1 is 1.14 bits per heavy atom. The van der Waals surface area contributed by atoms with E-state index in [0.717, 1.165) is 39.4 Å². The molecule has 9 heteroatoms. The Balaban J connectivity index is 1.34. The highest BCUT2D eigenvalue weighted by Gasteiger charge is 2.38. The fourth-order valence-corrected chi connectivity index (χ4v) is 4.99. The van der Waals surface area contributed by atoms with Gasteiger partial charge >= 0.3 is 6.03 Å². The van der Waals surface area contributed by atoms with E-state index in [1.807, 2.05) is 61.3 Å². The Labute approximate surface area is 215 Å². The quantitative estimate of drug-likeness (QED) is 0.391. The van der Waals surface area contributed by atoms with E-state index in [0.29, 0.717) is 24.7 Å². The van der Waals surface area contributed by atoms with Crippen molar-refractivity contribution in [2.45, 2.75) is 39.3 Å². The molecule has 5 rings (SSSR count). The van der Waals surface area contributed by atoms with E-state index >= 15 is 0 Å². The third-order valence-electron chi connectivity index (χ3n) is 6.76. The monoisotopic (exact) mass is 503 g/mol. The number of hydrogen-bond donors (Lipinski definition) is 2. The number of anilines is 1.